The smallest absolute Gasteiger partial charge is 0.407 e. The summed E-state index contributed by atoms with van der Waals surface area (Å²) in [6, 6.07) is 4.84. The van der Waals surface area contributed by atoms with Gasteiger partial charge in [-0.05, 0) is 65.0 Å². The number of ether oxygens (including phenoxy) is 2. The zero-order valence-corrected chi connectivity index (χ0v) is 29.3. The number of piperidine rings is 2. The van der Waals surface area contributed by atoms with Crippen LogP contribution in [-0.4, -0.2) is 115 Å². The van der Waals surface area contributed by atoms with Crippen LogP contribution in [0.1, 0.15) is 64.9 Å². The Hall–Kier alpha value is -3.51. The molecule has 2 unspecified atom stereocenters. The molecule has 13 nitrogen and oxygen atoms in total. The van der Waals surface area contributed by atoms with Crippen LogP contribution in [0, 0.1) is 11.8 Å². The maximum atomic E-state index is 13.2. The maximum absolute atomic E-state index is 13.2. The highest BCUT2D eigenvalue weighted by Gasteiger charge is 2.31. The lowest BCUT2D eigenvalue weighted by molar-refractivity contribution is -0.122. The van der Waals surface area contributed by atoms with E-state index in [0.29, 0.717) is 68.8 Å². The van der Waals surface area contributed by atoms with Gasteiger partial charge in [0.05, 0.1) is 23.0 Å². The Morgan fingerprint density at radius 3 is 2.30 bits per heavy atom. The van der Waals surface area contributed by atoms with Gasteiger partial charge in [0.1, 0.15) is 24.5 Å². The Bertz CT molecular complexity index is 1310. The summed E-state index contributed by atoms with van der Waals surface area (Å²) in [6.07, 6.45) is 4.47. The zero-order chi connectivity index (χ0) is 34.6. The average molecular weight is 675 g/mol. The van der Waals surface area contributed by atoms with Crippen molar-refractivity contribution < 1.29 is 32.9 Å². The molecule has 2 N–H and O–H groups in total. The Kier molecular flexibility index (Phi) is 14.6. The molecule has 2 heterocycles. The fraction of sp³-hybridized carbons (Fsp3) is 0.636. The van der Waals surface area contributed by atoms with Gasteiger partial charge in [0.2, 0.25) is 12.3 Å². The van der Waals surface area contributed by atoms with Crippen molar-refractivity contribution in [3.8, 4) is 11.8 Å². The molecular formula is C33H50N6O7S. The summed E-state index contributed by atoms with van der Waals surface area (Å²) >= 11 is -1.25. The average Bonchev–Trinajstić information content (AvgIpc) is 3.05. The number of nitrogens with one attached hydrogen (secondary N) is 2. The second-order valence-corrected chi connectivity index (χ2v) is 14.2. The van der Waals surface area contributed by atoms with Crippen LogP contribution in [-0.2, 0) is 35.0 Å². The van der Waals surface area contributed by atoms with Crippen molar-refractivity contribution in [3.05, 3.63) is 23.8 Å². The molecule has 0 bridgehead atoms. The van der Waals surface area contributed by atoms with Crippen LogP contribution in [0.15, 0.2) is 18.2 Å². The summed E-state index contributed by atoms with van der Waals surface area (Å²) in [5.74, 6) is 5.96. The van der Waals surface area contributed by atoms with Crippen molar-refractivity contribution in [2.45, 2.75) is 83.1 Å². The van der Waals surface area contributed by atoms with Gasteiger partial charge in [-0.1, -0.05) is 17.9 Å². The van der Waals surface area contributed by atoms with E-state index in [2.05, 4.69) is 22.5 Å². The molecule has 1 aromatic carbocycles. The van der Waals surface area contributed by atoms with Crippen molar-refractivity contribution in [2.75, 3.05) is 63.7 Å². The third-order valence-corrected chi connectivity index (χ3v) is 9.73. The van der Waals surface area contributed by atoms with E-state index >= 15 is 0 Å². The van der Waals surface area contributed by atoms with Gasteiger partial charge in [0.15, 0.2) is 11.2 Å². The van der Waals surface area contributed by atoms with Crippen molar-refractivity contribution in [1.82, 2.24) is 19.2 Å². The fourth-order valence-electron chi connectivity index (χ4n) is 5.64. The Balaban J connectivity index is 1.53. The number of anilines is 2. The lowest BCUT2D eigenvalue weighted by atomic mass is 10.1. The summed E-state index contributed by atoms with van der Waals surface area (Å²) in [6.45, 7) is 8.22. The van der Waals surface area contributed by atoms with Crippen LogP contribution in [0.3, 0.4) is 0 Å². The molecule has 2 saturated heterocycles. The third-order valence-electron chi connectivity index (χ3n) is 8.11. The van der Waals surface area contributed by atoms with Gasteiger partial charge in [-0.25, -0.2) is 17.6 Å². The first-order valence-electron chi connectivity index (χ1n) is 16.1. The van der Waals surface area contributed by atoms with Gasteiger partial charge in [-0.15, -0.1) is 0 Å². The molecule has 14 heteroatoms. The summed E-state index contributed by atoms with van der Waals surface area (Å²) in [4.78, 5) is 50.7. The van der Waals surface area contributed by atoms with Crippen LogP contribution >= 0.6 is 0 Å². The topological polar surface area (TPSA) is 141 Å². The molecule has 2 aliphatic rings. The zero-order valence-electron chi connectivity index (χ0n) is 28.5. The minimum Gasteiger partial charge on any atom is -0.444 e. The molecular weight excluding hydrogens is 624 g/mol. The third kappa shape index (κ3) is 11.3. The van der Waals surface area contributed by atoms with E-state index in [1.54, 1.807) is 26.0 Å². The van der Waals surface area contributed by atoms with E-state index in [0.717, 1.165) is 19.1 Å². The van der Waals surface area contributed by atoms with E-state index in [-0.39, 0.29) is 31.1 Å². The van der Waals surface area contributed by atoms with Gasteiger partial charge in [0.25, 0.3) is 0 Å². The SMILES string of the molecule is CNC(=O)C(CCC=O)N(C)c1cccc(C#CCOC2CCN(S(=O)N3CCC(NC(=O)OC(C)(C)C)CC3)CC2)c1N(C)C=O. The largest absolute Gasteiger partial charge is 0.444 e. The predicted octanol–water partition coefficient (Wildman–Crippen LogP) is 2.21. The number of likely N-dealkylation sites (N-methyl/N-ethyl adjacent to an activating group) is 2. The molecule has 3 rings (SSSR count). The number of hydrogen-bond donors (Lipinski definition) is 2. The predicted molar refractivity (Wildman–Crippen MR) is 182 cm³/mol. The van der Waals surface area contributed by atoms with E-state index in [9.17, 15) is 23.4 Å². The molecule has 0 aliphatic carbocycles. The summed E-state index contributed by atoms with van der Waals surface area (Å²) in [5, 5.41) is 5.57. The minimum absolute atomic E-state index is 0.00420. The lowest BCUT2D eigenvalue weighted by Crippen LogP contribution is -2.50. The number of carbonyl (C=O) groups excluding carboxylic acids is 4. The van der Waals surface area contributed by atoms with Crippen molar-refractivity contribution >= 4 is 47.2 Å². The first-order valence-corrected chi connectivity index (χ1v) is 17.2. The summed E-state index contributed by atoms with van der Waals surface area (Å²) in [7, 11) is 4.93. The molecule has 1 aromatic rings. The van der Waals surface area contributed by atoms with E-state index in [1.807, 2.05) is 47.6 Å². The highest BCUT2D eigenvalue weighted by Crippen LogP contribution is 2.33. The highest BCUT2D eigenvalue weighted by molar-refractivity contribution is 7.80. The first-order chi connectivity index (χ1) is 22.4. The maximum Gasteiger partial charge on any atom is 0.407 e. The van der Waals surface area contributed by atoms with Crippen LogP contribution in [0.5, 0.6) is 0 Å². The van der Waals surface area contributed by atoms with E-state index in [1.165, 1.54) is 4.90 Å². The summed E-state index contributed by atoms with van der Waals surface area (Å²) < 4.78 is 28.6. The molecule has 2 aliphatic heterocycles. The number of benzene rings is 1. The quantitative estimate of drug-likeness (QED) is 0.240. The molecule has 2 atom stereocenters. The van der Waals surface area contributed by atoms with Gasteiger partial charge >= 0.3 is 6.09 Å². The molecule has 2 fully saturated rings. The molecule has 47 heavy (non-hydrogen) atoms. The standard InChI is InChI=1S/C33H50N6O7S/c1-33(2,3)46-32(43)35-26-14-18-38(19-15-26)47(44)39-20-16-27(17-21-39)45-23-9-11-25-10-7-12-28(30(25)36(5)24-41)37(6)29(13-8-22-40)31(42)34-4/h7,10,12,22,24,26-27,29H,8,13-21,23H2,1-6H3,(H,34,42)(H,35,43). The number of alkyl carbamates (subject to hydrolysis) is 1. The van der Waals surface area contributed by atoms with Gasteiger partial charge in [-0.3, -0.25) is 9.59 Å². The monoisotopic (exact) mass is 674 g/mol. The Morgan fingerprint density at radius 1 is 1.09 bits per heavy atom. The summed E-state index contributed by atoms with van der Waals surface area (Å²) in [5.41, 5.74) is 1.25. The van der Waals surface area contributed by atoms with E-state index in [4.69, 9.17) is 9.47 Å². The molecule has 0 aromatic heterocycles. The van der Waals surface area contributed by atoms with Gasteiger partial charge in [0, 0.05) is 59.8 Å². The first kappa shape index (κ1) is 37.9. The molecule has 0 spiro atoms. The highest BCUT2D eigenvalue weighted by atomic mass is 32.2. The number of rotatable bonds is 13. The van der Waals surface area contributed by atoms with Gasteiger partial charge in [-0.2, -0.15) is 0 Å². The van der Waals surface area contributed by atoms with Crippen LogP contribution in [0.2, 0.25) is 0 Å². The second-order valence-electron chi connectivity index (χ2n) is 12.7. The van der Waals surface area contributed by atoms with Crippen molar-refractivity contribution in [1.29, 1.82) is 0 Å². The van der Waals surface area contributed by atoms with Gasteiger partial charge < -0.3 is 34.7 Å². The number of hydrogen-bond acceptors (Lipinski definition) is 8. The fourth-order valence-corrected chi connectivity index (χ4v) is 7.01. The van der Waals surface area contributed by atoms with E-state index < -0.39 is 28.9 Å². The number of aldehydes is 1. The normalized spacial score (nSPS) is 17.8. The Morgan fingerprint density at radius 2 is 1.72 bits per heavy atom. The molecule has 0 saturated carbocycles. The number of nitrogens with zero attached hydrogens (tertiary/aromatic N) is 4. The van der Waals surface area contributed by atoms with Crippen LogP contribution in [0.25, 0.3) is 0 Å². The number of carbonyl (C=O) groups is 4. The molecule has 0 radical (unpaired) electrons. The molecule has 3 amide bonds. The Labute approximate surface area is 281 Å². The molecule has 260 valence electrons. The lowest BCUT2D eigenvalue weighted by Gasteiger charge is -2.37. The van der Waals surface area contributed by atoms with Crippen LogP contribution < -0.4 is 20.4 Å². The van der Waals surface area contributed by atoms with Crippen molar-refractivity contribution in [2.24, 2.45) is 0 Å². The number of amides is 3. The number of para-hydroxylation sites is 1. The minimum atomic E-state index is -1.25. The van der Waals surface area contributed by atoms with Crippen molar-refractivity contribution in [3.63, 3.8) is 0 Å². The second kappa shape index (κ2) is 18.1. The van der Waals surface area contributed by atoms with Crippen LogP contribution in [0.4, 0.5) is 16.2 Å².